The molecule has 0 saturated heterocycles. The monoisotopic (exact) mass is 251 g/mol. The van der Waals surface area contributed by atoms with E-state index in [4.69, 9.17) is 5.10 Å². The molecule has 0 bridgehead atoms. The molecular formula is C15H29N3. The summed E-state index contributed by atoms with van der Waals surface area (Å²) in [5.41, 5.74) is 4.10. The SMILES string of the molecule is CCc1nn(CCC(C)C)c(CC)c1C(C)NC. The first-order valence-electron chi connectivity index (χ1n) is 7.30. The van der Waals surface area contributed by atoms with E-state index in [1.807, 2.05) is 7.05 Å². The minimum absolute atomic E-state index is 0.391. The van der Waals surface area contributed by atoms with Crippen LogP contribution < -0.4 is 5.32 Å². The van der Waals surface area contributed by atoms with Crippen molar-refractivity contribution in [2.24, 2.45) is 5.92 Å². The Kier molecular flexibility index (Phi) is 5.86. The fourth-order valence-corrected chi connectivity index (χ4v) is 2.41. The molecule has 18 heavy (non-hydrogen) atoms. The quantitative estimate of drug-likeness (QED) is 0.805. The molecule has 0 amide bonds. The first kappa shape index (κ1) is 15.2. The summed E-state index contributed by atoms with van der Waals surface area (Å²) in [4.78, 5) is 0. The van der Waals surface area contributed by atoms with Crippen LogP contribution in [0.2, 0.25) is 0 Å². The van der Waals surface area contributed by atoms with Gasteiger partial charge < -0.3 is 5.32 Å². The number of aromatic nitrogens is 2. The van der Waals surface area contributed by atoms with Crippen molar-refractivity contribution < 1.29 is 0 Å². The molecule has 1 rings (SSSR count). The summed E-state index contributed by atoms with van der Waals surface area (Å²) in [6.07, 6.45) is 3.28. The van der Waals surface area contributed by atoms with Crippen LogP contribution in [-0.2, 0) is 19.4 Å². The molecule has 1 unspecified atom stereocenters. The van der Waals surface area contributed by atoms with Crippen LogP contribution in [-0.4, -0.2) is 16.8 Å². The molecule has 1 aromatic heterocycles. The Labute approximate surface area is 112 Å². The standard InChI is InChI=1S/C15H29N3/c1-7-13-15(12(5)16-6)14(8-2)18(17-13)10-9-11(3)4/h11-12,16H,7-10H2,1-6H3. The van der Waals surface area contributed by atoms with Crippen molar-refractivity contribution in [2.75, 3.05) is 7.05 Å². The van der Waals surface area contributed by atoms with E-state index in [9.17, 15) is 0 Å². The van der Waals surface area contributed by atoms with Crippen LogP contribution >= 0.6 is 0 Å². The van der Waals surface area contributed by atoms with Crippen molar-refractivity contribution >= 4 is 0 Å². The number of nitrogens with zero attached hydrogens (tertiary/aromatic N) is 2. The van der Waals surface area contributed by atoms with Gasteiger partial charge in [0.2, 0.25) is 0 Å². The van der Waals surface area contributed by atoms with Gasteiger partial charge in [-0.15, -0.1) is 0 Å². The third-order valence-corrected chi connectivity index (χ3v) is 3.63. The van der Waals surface area contributed by atoms with Gasteiger partial charge in [-0.2, -0.15) is 5.10 Å². The van der Waals surface area contributed by atoms with Gasteiger partial charge >= 0.3 is 0 Å². The normalized spacial score (nSPS) is 13.3. The highest BCUT2D eigenvalue weighted by Crippen LogP contribution is 2.24. The van der Waals surface area contributed by atoms with Gasteiger partial charge in [0.15, 0.2) is 0 Å². The van der Waals surface area contributed by atoms with Crippen LogP contribution in [0.25, 0.3) is 0 Å². The molecule has 0 spiro atoms. The maximum Gasteiger partial charge on any atom is 0.0672 e. The van der Waals surface area contributed by atoms with Gasteiger partial charge in [-0.1, -0.05) is 27.7 Å². The van der Waals surface area contributed by atoms with Crippen molar-refractivity contribution in [3.63, 3.8) is 0 Å². The number of nitrogens with one attached hydrogen (secondary N) is 1. The lowest BCUT2D eigenvalue weighted by Crippen LogP contribution is -2.16. The smallest absolute Gasteiger partial charge is 0.0672 e. The van der Waals surface area contributed by atoms with E-state index in [1.54, 1.807) is 0 Å². The predicted octanol–water partition coefficient (Wildman–Crippen LogP) is 3.33. The molecule has 0 aliphatic rings. The molecule has 0 aromatic carbocycles. The minimum atomic E-state index is 0.391. The van der Waals surface area contributed by atoms with Gasteiger partial charge in [0.25, 0.3) is 0 Å². The zero-order valence-corrected chi connectivity index (χ0v) is 12.9. The van der Waals surface area contributed by atoms with E-state index in [2.05, 4.69) is 44.6 Å². The summed E-state index contributed by atoms with van der Waals surface area (Å²) in [6.45, 7) is 12.2. The molecule has 1 aromatic rings. The van der Waals surface area contributed by atoms with Gasteiger partial charge in [-0.05, 0) is 39.2 Å². The Balaban J connectivity index is 3.07. The van der Waals surface area contributed by atoms with Crippen LogP contribution in [0.15, 0.2) is 0 Å². The summed E-state index contributed by atoms with van der Waals surface area (Å²) in [7, 11) is 2.02. The summed E-state index contributed by atoms with van der Waals surface area (Å²) < 4.78 is 2.24. The molecule has 0 aliphatic carbocycles. The summed E-state index contributed by atoms with van der Waals surface area (Å²) >= 11 is 0. The average molecular weight is 251 g/mol. The first-order valence-corrected chi connectivity index (χ1v) is 7.30. The minimum Gasteiger partial charge on any atom is -0.313 e. The molecule has 1 atom stereocenters. The van der Waals surface area contributed by atoms with Crippen LogP contribution in [0.3, 0.4) is 0 Å². The molecule has 1 heterocycles. The van der Waals surface area contributed by atoms with Crippen LogP contribution in [0, 0.1) is 5.92 Å². The van der Waals surface area contributed by atoms with Crippen LogP contribution in [0.1, 0.15) is 64.0 Å². The van der Waals surface area contributed by atoms with Crippen molar-refractivity contribution in [2.45, 2.75) is 66.5 Å². The van der Waals surface area contributed by atoms with E-state index in [0.29, 0.717) is 6.04 Å². The highest BCUT2D eigenvalue weighted by molar-refractivity contribution is 5.30. The third kappa shape index (κ3) is 3.35. The second-order valence-electron chi connectivity index (χ2n) is 5.43. The fourth-order valence-electron chi connectivity index (χ4n) is 2.41. The van der Waals surface area contributed by atoms with E-state index >= 15 is 0 Å². The Morgan fingerprint density at radius 1 is 1.17 bits per heavy atom. The zero-order valence-electron chi connectivity index (χ0n) is 12.9. The van der Waals surface area contributed by atoms with Crippen molar-refractivity contribution in [1.82, 2.24) is 15.1 Å². The van der Waals surface area contributed by atoms with Crippen molar-refractivity contribution in [3.05, 3.63) is 17.0 Å². The van der Waals surface area contributed by atoms with Gasteiger partial charge in [0.1, 0.15) is 0 Å². The van der Waals surface area contributed by atoms with Crippen molar-refractivity contribution in [3.8, 4) is 0 Å². The molecule has 0 saturated carbocycles. The maximum atomic E-state index is 4.82. The fraction of sp³-hybridized carbons (Fsp3) is 0.800. The van der Waals surface area contributed by atoms with E-state index in [-0.39, 0.29) is 0 Å². The van der Waals surface area contributed by atoms with Crippen molar-refractivity contribution in [1.29, 1.82) is 0 Å². The molecule has 1 N–H and O–H groups in total. The largest absolute Gasteiger partial charge is 0.313 e. The van der Waals surface area contributed by atoms with E-state index < -0.39 is 0 Å². The lowest BCUT2D eigenvalue weighted by atomic mass is 10.0. The number of hydrogen-bond acceptors (Lipinski definition) is 2. The van der Waals surface area contributed by atoms with Crippen LogP contribution in [0.5, 0.6) is 0 Å². The molecule has 0 radical (unpaired) electrons. The highest BCUT2D eigenvalue weighted by Gasteiger charge is 2.19. The number of hydrogen-bond donors (Lipinski definition) is 1. The molecule has 0 fully saturated rings. The summed E-state index contributed by atoms with van der Waals surface area (Å²) in [5.74, 6) is 0.731. The number of rotatable bonds is 7. The molecular weight excluding hydrogens is 222 g/mol. The predicted molar refractivity (Wildman–Crippen MR) is 77.9 cm³/mol. The third-order valence-electron chi connectivity index (χ3n) is 3.63. The van der Waals surface area contributed by atoms with Gasteiger partial charge in [-0.3, -0.25) is 4.68 Å². The Morgan fingerprint density at radius 2 is 1.83 bits per heavy atom. The zero-order chi connectivity index (χ0) is 13.7. The molecule has 104 valence electrons. The summed E-state index contributed by atoms with van der Waals surface area (Å²) in [6, 6.07) is 0.391. The van der Waals surface area contributed by atoms with Gasteiger partial charge in [0, 0.05) is 23.8 Å². The molecule has 3 heteroatoms. The van der Waals surface area contributed by atoms with E-state index in [1.165, 1.54) is 23.4 Å². The highest BCUT2D eigenvalue weighted by atomic mass is 15.3. The second-order valence-corrected chi connectivity index (χ2v) is 5.43. The van der Waals surface area contributed by atoms with Gasteiger partial charge in [0.05, 0.1) is 5.69 Å². The summed E-state index contributed by atoms with van der Waals surface area (Å²) in [5, 5.41) is 8.17. The van der Waals surface area contributed by atoms with Gasteiger partial charge in [-0.25, -0.2) is 0 Å². The lowest BCUT2D eigenvalue weighted by Gasteiger charge is -2.14. The maximum absolute atomic E-state index is 4.82. The molecule has 0 aliphatic heterocycles. The Morgan fingerprint density at radius 3 is 2.28 bits per heavy atom. The second kappa shape index (κ2) is 6.93. The topological polar surface area (TPSA) is 29.9 Å². The lowest BCUT2D eigenvalue weighted by molar-refractivity contribution is 0.473. The average Bonchev–Trinajstić information content (AvgIpc) is 2.72. The molecule has 3 nitrogen and oxygen atoms in total. The first-order chi connectivity index (χ1) is 8.54. The Bertz CT molecular complexity index is 366. The Hall–Kier alpha value is -0.830. The number of aryl methyl sites for hydroxylation is 2. The van der Waals surface area contributed by atoms with Crippen LogP contribution in [0.4, 0.5) is 0 Å². The van der Waals surface area contributed by atoms with E-state index in [0.717, 1.165) is 25.3 Å².